The number of carboxylic acids is 1. The number of nitrogens with one attached hydrogen (secondary N) is 1. The molecule has 0 heterocycles. The first-order valence-electron chi connectivity index (χ1n) is 10.1. The second-order valence-electron chi connectivity index (χ2n) is 7.81. The summed E-state index contributed by atoms with van der Waals surface area (Å²) < 4.78 is 5.33. The number of urea groups is 1. The highest BCUT2D eigenvalue weighted by atomic mass is 16.5. The first-order chi connectivity index (χ1) is 13.4. The number of ether oxygens (including phenoxy) is 1. The van der Waals surface area contributed by atoms with Gasteiger partial charge in [-0.3, -0.25) is 9.69 Å². The van der Waals surface area contributed by atoms with Crippen molar-refractivity contribution < 1.29 is 19.4 Å². The van der Waals surface area contributed by atoms with E-state index in [1.165, 1.54) is 11.1 Å². The zero-order valence-corrected chi connectivity index (χ0v) is 17.0. The summed E-state index contributed by atoms with van der Waals surface area (Å²) in [5.74, 6) is 0.0514. The number of rotatable bonds is 7. The lowest BCUT2D eigenvalue weighted by Crippen LogP contribution is -2.56. The lowest BCUT2D eigenvalue weighted by Gasteiger charge is -2.43. The van der Waals surface area contributed by atoms with Crippen LogP contribution in [0, 0.1) is 0 Å². The van der Waals surface area contributed by atoms with Crippen LogP contribution >= 0.6 is 0 Å². The number of benzene rings is 1. The van der Waals surface area contributed by atoms with Gasteiger partial charge in [-0.1, -0.05) is 13.0 Å². The van der Waals surface area contributed by atoms with Crippen LogP contribution in [0.1, 0.15) is 49.8 Å². The maximum atomic E-state index is 12.8. The van der Waals surface area contributed by atoms with Crippen molar-refractivity contribution in [1.29, 1.82) is 0 Å². The predicted octanol–water partition coefficient (Wildman–Crippen LogP) is 2.65. The van der Waals surface area contributed by atoms with Crippen molar-refractivity contribution in [3.8, 4) is 5.75 Å². The minimum atomic E-state index is -0.804. The molecule has 1 saturated carbocycles. The number of aryl methyl sites for hydroxylation is 1. The Kier molecular flexibility index (Phi) is 6.44. The number of amides is 2. The van der Waals surface area contributed by atoms with E-state index in [1.54, 1.807) is 7.11 Å². The van der Waals surface area contributed by atoms with E-state index >= 15 is 0 Å². The Morgan fingerprint density at radius 1 is 1.32 bits per heavy atom. The summed E-state index contributed by atoms with van der Waals surface area (Å²) in [6.45, 7) is 2.74. The van der Waals surface area contributed by atoms with Crippen molar-refractivity contribution in [2.75, 3.05) is 27.2 Å². The number of carbonyl (C=O) groups excluding carboxylic acids is 1. The lowest BCUT2D eigenvalue weighted by atomic mass is 9.85. The van der Waals surface area contributed by atoms with Crippen LogP contribution in [0.2, 0.25) is 0 Å². The van der Waals surface area contributed by atoms with Crippen LogP contribution < -0.4 is 10.1 Å². The summed E-state index contributed by atoms with van der Waals surface area (Å²) in [4.78, 5) is 27.5. The normalized spacial score (nSPS) is 23.5. The number of methoxy groups -OCH3 is 1. The molecule has 154 valence electrons. The molecule has 1 fully saturated rings. The van der Waals surface area contributed by atoms with E-state index in [4.69, 9.17) is 9.84 Å². The lowest BCUT2D eigenvalue weighted by molar-refractivity contribution is -0.139. The van der Waals surface area contributed by atoms with E-state index in [9.17, 15) is 9.59 Å². The van der Waals surface area contributed by atoms with E-state index in [-0.39, 0.29) is 30.7 Å². The molecule has 2 amide bonds. The molecule has 2 aliphatic rings. The first-order valence-corrected chi connectivity index (χ1v) is 10.1. The fourth-order valence-corrected chi connectivity index (χ4v) is 4.39. The van der Waals surface area contributed by atoms with Gasteiger partial charge in [-0.05, 0) is 61.9 Å². The molecule has 0 spiro atoms. The third-order valence-electron chi connectivity index (χ3n) is 6.12. The average molecular weight is 389 g/mol. The highest BCUT2D eigenvalue weighted by molar-refractivity contribution is 5.75. The molecule has 7 nitrogen and oxygen atoms in total. The van der Waals surface area contributed by atoms with Crippen LogP contribution in [0.5, 0.6) is 5.75 Å². The molecule has 1 aromatic rings. The summed E-state index contributed by atoms with van der Waals surface area (Å²) in [5.41, 5.74) is 2.46. The van der Waals surface area contributed by atoms with Gasteiger partial charge in [-0.25, -0.2) is 4.79 Å². The third-order valence-corrected chi connectivity index (χ3v) is 6.12. The first kappa shape index (κ1) is 20.5. The minimum absolute atomic E-state index is 0.0570. The molecule has 1 atom stereocenters. The molecule has 0 aromatic heterocycles. The Bertz CT molecular complexity index is 718. The average Bonchev–Trinajstić information content (AvgIpc) is 2.66. The number of nitrogens with zero attached hydrogens (tertiary/aromatic N) is 2. The van der Waals surface area contributed by atoms with Crippen LogP contribution in [-0.2, 0) is 11.2 Å². The van der Waals surface area contributed by atoms with Crippen molar-refractivity contribution >= 4 is 12.0 Å². The van der Waals surface area contributed by atoms with Crippen molar-refractivity contribution in [3.63, 3.8) is 0 Å². The Balaban J connectivity index is 1.56. The fraction of sp³-hybridized carbons (Fsp3) is 0.619. The Labute approximate surface area is 166 Å². The van der Waals surface area contributed by atoms with E-state index in [0.717, 1.165) is 37.9 Å². The number of hydrogen-bond acceptors (Lipinski definition) is 4. The van der Waals surface area contributed by atoms with Gasteiger partial charge in [0.05, 0.1) is 19.7 Å². The van der Waals surface area contributed by atoms with Crippen molar-refractivity contribution in [2.45, 2.75) is 57.2 Å². The Morgan fingerprint density at radius 3 is 2.71 bits per heavy atom. The van der Waals surface area contributed by atoms with Crippen LogP contribution in [0.15, 0.2) is 18.2 Å². The summed E-state index contributed by atoms with van der Waals surface area (Å²) in [6, 6.07) is 6.48. The summed E-state index contributed by atoms with van der Waals surface area (Å²) in [6.07, 6.45) is 4.63. The number of likely N-dealkylation sites (N-methyl/N-ethyl adjacent to an activating group) is 1. The van der Waals surface area contributed by atoms with Gasteiger partial charge < -0.3 is 20.1 Å². The smallest absolute Gasteiger partial charge is 0.317 e. The van der Waals surface area contributed by atoms with Gasteiger partial charge in [0, 0.05) is 19.1 Å². The maximum absolute atomic E-state index is 12.8. The van der Waals surface area contributed by atoms with E-state index in [0.29, 0.717) is 6.54 Å². The molecule has 7 heteroatoms. The molecule has 2 aliphatic carbocycles. The number of fused-ring (bicyclic) bond motifs is 1. The van der Waals surface area contributed by atoms with Crippen LogP contribution in [0.25, 0.3) is 0 Å². The van der Waals surface area contributed by atoms with Crippen LogP contribution in [-0.4, -0.2) is 66.2 Å². The van der Waals surface area contributed by atoms with E-state index in [1.807, 2.05) is 29.8 Å². The molecule has 0 aliphatic heterocycles. The molecule has 2 N–H and O–H groups in total. The van der Waals surface area contributed by atoms with Gasteiger partial charge >= 0.3 is 12.0 Å². The molecule has 0 radical (unpaired) electrons. The van der Waals surface area contributed by atoms with E-state index < -0.39 is 5.97 Å². The summed E-state index contributed by atoms with van der Waals surface area (Å²) in [7, 11) is 3.53. The highest BCUT2D eigenvalue weighted by Gasteiger charge is 2.36. The second-order valence-corrected chi connectivity index (χ2v) is 7.81. The van der Waals surface area contributed by atoms with Gasteiger partial charge in [0.1, 0.15) is 5.75 Å². The molecule has 0 saturated heterocycles. The standard InChI is InChI=1S/C21H31N3O4/c1-4-24(13-20(25)26)16-11-15(12-16)22-21(27)23(2)19-7-5-6-14-10-17(28-3)8-9-18(14)19/h8-10,15-16,19H,4-7,11-13H2,1-3H3,(H,22,27)(H,25,26). The largest absolute Gasteiger partial charge is 0.497 e. The van der Waals surface area contributed by atoms with Gasteiger partial charge in [0.25, 0.3) is 0 Å². The Hall–Kier alpha value is -2.28. The topological polar surface area (TPSA) is 82.1 Å². The molecular formula is C21H31N3O4. The zero-order valence-electron chi connectivity index (χ0n) is 17.0. The van der Waals surface area contributed by atoms with Crippen LogP contribution in [0.3, 0.4) is 0 Å². The fourth-order valence-electron chi connectivity index (χ4n) is 4.39. The van der Waals surface area contributed by atoms with Crippen molar-refractivity contribution in [2.24, 2.45) is 0 Å². The number of carbonyl (C=O) groups is 2. The number of aliphatic carboxylic acids is 1. The molecule has 1 unspecified atom stereocenters. The highest BCUT2D eigenvalue weighted by Crippen LogP contribution is 2.36. The maximum Gasteiger partial charge on any atom is 0.317 e. The monoisotopic (exact) mass is 389 g/mol. The van der Waals surface area contributed by atoms with Crippen LogP contribution in [0.4, 0.5) is 4.79 Å². The van der Waals surface area contributed by atoms with Gasteiger partial charge in [-0.2, -0.15) is 0 Å². The summed E-state index contributed by atoms with van der Waals surface area (Å²) >= 11 is 0. The molecule has 0 bridgehead atoms. The minimum Gasteiger partial charge on any atom is -0.497 e. The van der Waals surface area contributed by atoms with Gasteiger partial charge in [-0.15, -0.1) is 0 Å². The third kappa shape index (κ3) is 4.41. The quantitative estimate of drug-likeness (QED) is 0.749. The number of carboxylic acid groups (broad SMARTS) is 1. The number of hydrogen-bond donors (Lipinski definition) is 2. The van der Waals surface area contributed by atoms with Crippen molar-refractivity contribution in [3.05, 3.63) is 29.3 Å². The Morgan fingerprint density at radius 2 is 2.07 bits per heavy atom. The molecule has 1 aromatic carbocycles. The zero-order chi connectivity index (χ0) is 20.3. The predicted molar refractivity (Wildman–Crippen MR) is 107 cm³/mol. The van der Waals surface area contributed by atoms with E-state index in [2.05, 4.69) is 17.4 Å². The SMILES string of the molecule is CCN(CC(=O)O)C1CC(NC(=O)N(C)C2CCCc3cc(OC)ccc32)C1. The molecule has 3 rings (SSSR count). The second kappa shape index (κ2) is 8.82. The molecule has 28 heavy (non-hydrogen) atoms. The van der Waals surface area contributed by atoms with Crippen molar-refractivity contribution in [1.82, 2.24) is 15.1 Å². The summed E-state index contributed by atoms with van der Waals surface area (Å²) in [5, 5.41) is 12.1. The van der Waals surface area contributed by atoms with Gasteiger partial charge in [0.2, 0.25) is 0 Å². The van der Waals surface area contributed by atoms with Gasteiger partial charge in [0.15, 0.2) is 0 Å². The molecular weight excluding hydrogens is 358 g/mol.